The minimum Gasteiger partial charge on any atom is -0.394 e. The van der Waals surface area contributed by atoms with Crippen LogP contribution in [0.4, 0.5) is 0 Å². The normalized spacial score (nSPS) is 15.0. The van der Waals surface area contributed by atoms with Gasteiger partial charge in [0.15, 0.2) is 0 Å². The first kappa shape index (κ1) is 82.6. The predicted molar refractivity (Wildman–Crippen MR) is 349 cm³/mol. The zero-order valence-corrected chi connectivity index (χ0v) is 56.5. The van der Waals surface area contributed by atoms with Crippen molar-refractivity contribution in [2.75, 3.05) is 31.7 Å². The van der Waals surface area contributed by atoms with Crippen LogP contribution in [0.15, 0.2) is 30.3 Å². The Morgan fingerprint density at radius 3 is 1.27 bits per heavy atom. The molecule has 520 valence electrons. The van der Waals surface area contributed by atoms with Crippen molar-refractivity contribution in [3.8, 4) is 0 Å². The molecular formula is C62H107N15O14S. The molecule has 0 fully saturated rings. The summed E-state index contributed by atoms with van der Waals surface area (Å²) in [4.78, 5) is 175. The van der Waals surface area contributed by atoms with Gasteiger partial charge in [-0.1, -0.05) is 99.6 Å². The molecule has 0 heterocycles. The van der Waals surface area contributed by atoms with E-state index in [1.54, 1.807) is 73.8 Å². The molecular weight excluding hydrogens is 1210 g/mol. The number of nitrogens with two attached hydrogens (primary N) is 4. The second kappa shape index (κ2) is 43.4. The standard InChI is InChI=1S/C62H107N15O14S/c1-33(2)24-43(52(66)81)71-61(90)48(30-50(65)79)76-56(85)41(20-16-17-22-63)70-58(87)47(28-37(9)10)75-57(86)42(21-23-92-12)69-51(80)31-67-55(84)44(25-34(3)4)74-59(88)45(26-35(5)6)72-53(82)38(11)68-62(91)49(32-78)77-60(89)46(27-36(7)8)73-54(83)40(64)29-39-18-14-13-15-19-39/h13-15,18-19,33-38,40-49,78H,16-17,20-32,63-64H2,1-12H3,(H2,65,79)(H2,66,81)(H,67,84)(H,68,91)(H,69,80)(H,70,87)(H,71,90)(H,72,82)(H,73,83)(H,74,88)(H,75,86)(H,76,85)(H,77,89)/t38-,40-,41-,42-,43-,44-,45-,46-,47-,48-,49-/m0/s1. The second-order valence-electron chi connectivity index (χ2n) is 25.3. The van der Waals surface area contributed by atoms with E-state index in [0.717, 1.165) is 5.56 Å². The molecule has 0 spiro atoms. The van der Waals surface area contributed by atoms with Crippen LogP contribution in [0.5, 0.6) is 0 Å². The molecule has 0 saturated heterocycles. The topological polar surface area (TPSA) is 479 Å². The van der Waals surface area contributed by atoms with Gasteiger partial charge in [-0.25, -0.2) is 0 Å². The number of carbonyl (C=O) groups is 13. The SMILES string of the molecule is CSCC[C@H](NC(=O)CNC(=O)[C@H](CC(C)C)NC(=O)[C@H](CC(C)C)NC(=O)[C@H](C)NC(=O)[C@H](CO)NC(=O)[C@H](CC(C)C)NC(=O)[C@@H](N)Cc1ccccc1)C(=O)N[C@@H](CC(C)C)C(=O)N[C@@H](CCCCN)C(=O)N[C@@H](CC(N)=O)C(=O)N[C@@H](CC(C)C)C(N)=O. The summed E-state index contributed by atoms with van der Waals surface area (Å²) in [5, 5.41) is 38.5. The lowest BCUT2D eigenvalue weighted by Gasteiger charge is -2.28. The van der Waals surface area contributed by atoms with Crippen molar-refractivity contribution in [2.45, 2.75) is 213 Å². The number of benzene rings is 1. The first-order chi connectivity index (χ1) is 43.1. The molecule has 30 heteroatoms. The number of nitrogens with one attached hydrogen (secondary N) is 11. The predicted octanol–water partition coefficient (Wildman–Crippen LogP) is -1.99. The van der Waals surface area contributed by atoms with E-state index in [-0.39, 0.29) is 87.5 Å². The number of primary amides is 2. The molecule has 0 aromatic heterocycles. The largest absolute Gasteiger partial charge is 0.394 e. The quantitative estimate of drug-likeness (QED) is 0.0314. The molecule has 92 heavy (non-hydrogen) atoms. The fourth-order valence-corrected chi connectivity index (χ4v) is 9.96. The summed E-state index contributed by atoms with van der Waals surface area (Å²) in [6.45, 7) is 18.0. The van der Waals surface area contributed by atoms with Gasteiger partial charge in [0.05, 0.1) is 25.6 Å². The van der Waals surface area contributed by atoms with E-state index in [1.165, 1.54) is 18.7 Å². The Morgan fingerprint density at radius 2 is 0.826 bits per heavy atom. The van der Waals surface area contributed by atoms with Gasteiger partial charge in [-0.05, 0) is 125 Å². The number of carbonyl (C=O) groups excluding carboxylic acids is 13. The van der Waals surface area contributed by atoms with Crippen molar-refractivity contribution < 1.29 is 67.4 Å². The van der Waals surface area contributed by atoms with Gasteiger partial charge in [-0.15, -0.1) is 0 Å². The average Bonchev–Trinajstić information content (AvgIpc) is 1.34. The zero-order valence-electron chi connectivity index (χ0n) is 55.7. The van der Waals surface area contributed by atoms with E-state index in [1.807, 2.05) is 32.0 Å². The Balaban J connectivity index is 3.24. The van der Waals surface area contributed by atoms with E-state index in [9.17, 15) is 67.4 Å². The monoisotopic (exact) mass is 1320 g/mol. The third kappa shape index (κ3) is 33.2. The van der Waals surface area contributed by atoms with Crippen molar-refractivity contribution in [1.29, 1.82) is 0 Å². The van der Waals surface area contributed by atoms with Crippen LogP contribution in [0.2, 0.25) is 0 Å². The van der Waals surface area contributed by atoms with Crippen molar-refractivity contribution in [2.24, 2.45) is 52.5 Å². The van der Waals surface area contributed by atoms with Crippen LogP contribution in [0.25, 0.3) is 0 Å². The average molecular weight is 1320 g/mol. The smallest absolute Gasteiger partial charge is 0.245 e. The molecule has 0 radical (unpaired) electrons. The fraction of sp³-hybridized carbons (Fsp3) is 0.694. The number of hydrogen-bond donors (Lipinski definition) is 16. The van der Waals surface area contributed by atoms with Gasteiger partial charge in [-0.3, -0.25) is 62.3 Å². The maximum absolute atomic E-state index is 14.2. The number of aliphatic hydroxyl groups excluding tert-OH is 1. The molecule has 0 aliphatic carbocycles. The molecule has 0 bridgehead atoms. The highest BCUT2D eigenvalue weighted by Crippen LogP contribution is 2.14. The molecule has 0 saturated carbocycles. The van der Waals surface area contributed by atoms with E-state index in [4.69, 9.17) is 22.9 Å². The van der Waals surface area contributed by atoms with E-state index in [0.29, 0.717) is 18.6 Å². The highest BCUT2D eigenvalue weighted by molar-refractivity contribution is 7.98. The first-order valence-corrected chi connectivity index (χ1v) is 33.0. The lowest BCUT2D eigenvalue weighted by molar-refractivity contribution is -0.136. The fourth-order valence-electron chi connectivity index (χ4n) is 9.49. The van der Waals surface area contributed by atoms with Crippen LogP contribution >= 0.6 is 11.8 Å². The van der Waals surface area contributed by atoms with Crippen molar-refractivity contribution in [3.63, 3.8) is 0 Å². The van der Waals surface area contributed by atoms with E-state index >= 15 is 0 Å². The summed E-state index contributed by atoms with van der Waals surface area (Å²) in [6, 6.07) is -4.96. The third-order valence-corrected chi connectivity index (χ3v) is 14.9. The number of rotatable bonds is 45. The van der Waals surface area contributed by atoms with Crippen molar-refractivity contribution >= 4 is 88.6 Å². The molecule has 0 unspecified atom stereocenters. The highest BCUT2D eigenvalue weighted by atomic mass is 32.2. The molecule has 0 aliphatic rings. The van der Waals surface area contributed by atoms with Crippen LogP contribution in [0, 0.1) is 29.6 Å². The molecule has 29 nitrogen and oxygen atoms in total. The Hall–Kier alpha value is -7.44. The lowest BCUT2D eigenvalue weighted by Crippen LogP contribution is -2.60. The Kier molecular flexibility index (Phi) is 39.0. The summed E-state index contributed by atoms with van der Waals surface area (Å²) >= 11 is 1.37. The Labute approximate surface area is 545 Å². The second-order valence-corrected chi connectivity index (χ2v) is 26.3. The van der Waals surface area contributed by atoms with E-state index < -0.39 is 163 Å². The highest BCUT2D eigenvalue weighted by Gasteiger charge is 2.36. The summed E-state index contributed by atoms with van der Waals surface area (Å²) in [5.74, 6) is -11.0. The van der Waals surface area contributed by atoms with Gasteiger partial charge in [0.2, 0.25) is 76.8 Å². The van der Waals surface area contributed by atoms with Gasteiger partial charge >= 0.3 is 0 Å². The van der Waals surface area contributed by atoms with Gasteiger partial charge in [0.25, 0.3) is 0 Å². The molecule has 20 N–H and O–H groups in total. The molecule has 1 aromatic carbocycles. The minimum absolute atomic E-state index is 0.0190. The zero-order chi connectivity index (χ0) is 69.9. The summed E-state index contributed by atoms with van der Waals surface area (Å²) in [5.41, 5.74) is 23.7. The molecule has 13 amide bonds. The minimum atomic E-state index is -1.56. The molecule has 1 rings (SSSR count). The third-order valence-electron chi connectivity index (χ3n) is 14.2. The summed E-state index contributed by atoms with van der Waals surface area (Å²) in [7, 11) is 0. The van der Waals surface area contributed by atoms with Gasteiger partial charge in [0.1, 0.15) is 60.4 Å². The maximum atomic E-state index is 14.2. The number of thioether (sulfide) groups is 1. The number of hydrogen-bond acceptors (Lipinski definition) is 17. The maximum Gasteiger partial charge on any atom is 0.245 e. The van der Waals surface area contributed by atoms with Crippen LogP contribution in [0.3, 0.4) is 0 Å². The lowest BCUT2D eigenvalue weighted by atomic mass is 10.00. The summed E-state index contributed by atoms with van der Waals surface area (Å²) < 4.78 is 0. The number of amides is 13. The Bertz CT molecular complexity index is 2580. The van der Waals surface area contributed by atoms with E-state index in [2.05, 4.69) is 58.5 Å². The van der Waals surface area contributed by atoms with Crippen LogP contribution in [-0.2, 0) is 68.7 Å². The van der Waals surface area contributed by atoms with Crippen molar-refractivity contribution in [3.05, 3.63) is 35.9 Å². The molecule has 1 aromatic rings. The molecule has 11 atom stereocenters. The van der Waals surface area contributed by atoms with Gasteiger partial charge in [0, 0.05) is 0 Å². The van der Waals surface area contributed by atoms with Crippen LogP contribution < -0.4 is 81.4 Å². The van der Waals surface area contributed by atoms with Crippen LogP contribution in [0.1, 0.15) is 146 Å². The van der Waals surface area contributed by atoms with Gasteiger partial charge < -0.3 is 86.5 Å². The molecule has 0 aliphatic heterocycles. The number of unbranched alkanes of at least 4 members (excludes halogenated alkanes) is 1. The van der Waals surface area contributed by atoms with Gasteiger partial charge in [-0.2, -0.15) is 11.8 Å². The van der Waals surface area contributed by atoms with Crippen molar-refractivity contribution in [1.82, 2.24) is 58.5 Å². The number of aliphatic hydroxyl groups is 1. The first-order valence-electron chi connectivity index (χ1n) is 31.6. The van der Waals surface area contributed by atoms with Crippen LogP contribution in [-0.4, -0.2) is 180 Å². The summed E-state index contributed by atoms with van der Waals surface area (Å²) in [6.07, 6.45) is 2.74. The Morgan fingerprint density at radius 1 is 0.446 bits per heavy atom.